The molecule has 0 amide bonds. The molecule has 0 atom stereocenters. The Morgan fingerprint density at radius 1 is 1.00 bits per heavy atom. The van der Waals surface area contributed by atoms with E-state index >= 15 is 0 Å². The topological polar surface area (TPSA) is 116 Å². The van der Waals surface area contributed by atoms with E-state index < -0.39 is 11.0 Å². The maximum absolute atomic E-state index is 11.4. The highest BCUT2D eigenvalue weighted by Crippen LogP contribution is 2.37. The summed E-state index contributed by atoms with van der Waals surface area (Å²) in [6, 6.07) is 15.1. The molecule has 3 aromatic rings. The van der Waals surface area contributed by atoms with Crippen molar-refractivity contribution in [3.05, 3.63) is 93.0 Å². The molecule has 7 heteroatoms. The second kappa shape index (κ2) is 9.75. The van der Waals surface area contributed by atoms with Crippen LogP contribution in [0.3, 0.4) is 0 Å². The van der Waals surface area contributed by atoms with E-state index in [2.05, 4.69) is 4.99 Å². The average molecular weight is 420 g/mol. The van der Waals surface area contributed by atoms with Crippen LogP contribution in [0, 0.1) is 10.1 Å². The molecule has 0 heterocycles. The first-order valence-electron chi connectivity index (χ1n) is 10.0. The van der Waals surface area contributed by atoms with E-state index in [1.54, 1.807) is 36.4 Å². The molecule has 7 nitrogen and oxygen atoms in total. The summed E-state index contributed by atoms with van der Waals surface area (Å²) in [5, 5.41) is 42.7. The van der Waals surface area contributed by atoms with E-state index in [0.29, 0.717) is 23.1 Å². The zero-order valence-corrected chi connectivity index (χ0v) is 17.1. The first kappa shape index (κ1) is 21.8. The van der Waals surface area contributed by atoms with Gasteiger partial charge >= 0.3 is 0 Å². The fourth-order valence-corrected chi connectivity index (χ4v) is 3.38. The molecule has 0 aliphatic rings. The lowest BCUT2D eigenvalue weighted by Crippen LogP contribution is -2.01. The highest BCUT2D eigenvalue weighted by atomic mass is 16.6. The van der Waals surface area contributed by atoms with Gasteiger partial charge in [-0.3, -0.25) is 15.1 Å². The maximum Gasteiger partial charge on any atom is 0.270 e. The minimum atomic E-state index is -0.778. The van der Waals surface area contributed by atoms with Crippen molar-refractivity contribution in [1.82, 2.24) is 0 Å². The summed E-state index contributed by atoms with van der Waals surface area (Å²) in [4.78, 5) is 15.4. The van der Waals surface area contributed by atoms with E-state index in [0.717, 1.165) is 12.8 Å². The summed E-state index contributed by atoms with van der Waals surface area (Å²) >= 11 is 0. The number of phenolic OH excluding ortho intramolecular Hbond substituents is 3. The molecule has 160 valence electrons. The second-order valence-electron chi connectivity index (χ2n) is 7.20. The molecule has 0 aliphatic heterocycles. The minimum absolute atomic E-state index is 0.000183. The van der Waals surface area contributed by atoms with Crippen molar-refractivity contribution >= 4 is 11.9 Å². The first-order chi connectivity index (χ1) is 14.9. The Labute approximate surface area is 180 Å². The van der Waals surface area contributed by atoms with Crippen LogP contribution in [0.2, 0.25) is 0 Å². The third-order valence-electron chi connectivity index (χ3n) is 5.04. The van der Waals surface area contributed by atoms with Gasteiger partial charge in [0.1, 0.15) is 23.3 Å². The molecule has 0 spiro atoms. The van der Waals surface area contributed by atoms with Gasteiger partial charge in [-0.15, -0.1) is 0 Å². The molecule has 3 rings (SSSR count). The summed E-state index contributed by atoms with van der Waals surface area (Å²) < 4.78 is 0. The Bertz CT molecular complexity index is 1070. The molecular formula is C24H24N2O5. The molecule has 0 saturated carbocycles. The Kier molecular flexibility index (Phi) is 6.87. The van der Waals surface area contributed by atoms with Crippen LogP contribution >= 0.6 is 0 Å². The number of nitro benzene ring substituents is 1. The van der Waals surface area contributed by atoms with Crippen molar-refractivity contribution in [3.8, 4) is 17.2 Å². The van der Waals surface area contributed by atoms with Crippen LogP contribution in [-0.2, 0) is 6.42 Å². The molecule has 3 aromatic carbocycles. The van der Waals surface area contributed by atoms with Gasteiger partial charge in [0.2, 0.25) is 0 Å². The van der Waals surface area contributed by atoms with E-state index in [1.165, 1.54) is 30.5 Å². The molecule has 0 unspecified atom stereocenters. The number of benzene rings is 3. The van der Waals surface area contributed by atoms with Crippen molar-refractivity contribution in [3.63, 3.8) is 0 Å². The van der Waals surface area contributed by atoms with Crippen molar-refractivity contribution in [2.75, 3.05) is 0 Å². The SMILES string of the molecule is CCCCc1cc([N+](=O)[O-])cc(/C=N/C(c2ccccc2O)c2ccccc2O)c1O. The standard InChI is InChI=1S/C24H24N2O5/c1-2-3-8-16-13-18(26(30)31)14-17(24(16)29)15-25-23(19-9-4-6-11-21(19)27)20-10-5-7-12-22(20)28/h4-7,9-15,23,27-29H,2-3,8H2,1H3/b25-15+. The second-order valence-corrected chi connectivity index (χ2v) is 7.20. The van der Waals surface area contributed by atoms with Crippen LogP contribution in [0.15, 0.2) is 65.7 Å². The largest absolute Gasteiger partial charge is 0.508 e. The number of aryl methyl sites for hydroxylation is 1. The zero-order valence-electron chi connectivity index (χ0n) is 17.1. The predicted molar refractivity (Wildman–Crippen MR) is 119 cm³/mol. The van der Waals surface area contributed by atoms with Gasteiger partial charge in [-0.1, -0.05) is 49.7 Å². The highest BCUT2D eigenvalue weighted by molar-refractivity contribution is 5.86. The highest BCUT2D eigenvalue weighted by Gasteiger charge is 2.20. The number of non-ortho nitro benzene ring substituents is 1. The molecule has 0 fully saturated rings. The van der Waals surface area contributed by atoms with E-state index in [9.17, 15) is 25.4 Å². The summed E-state index contributed by atoms with van der Waals surface area (Å²) in [6.45, 7) is 2.00. The Morgan fingerprint density at radius 2 is 1.58 bits per heavy atom. The molecule has 31 heavy (non-hydrogen) atoms. The van der Waals surface area contributed by atoms with Crippen LogP contribution in [0.25, 0.3) is 0 Å². The lowest BCUT2D eigenvalue weighted by molar-refractivity contribution is -0.384. The van der Waals surface area contributed by atoms with Crippen LogP contribution in [0.4, 0.5) is 5.69 Å². The number of para-hydroxylation sites is 2. The molecule has 0 bridgehead atoms. The van der Waals surface area contributed by atoms with Crippen molar-refractivity contribution in [1.29, 1.82) is 0 Å². The van der Waals surface area contributed by atoms with Gasteiger partial charge in [-0.2, -0.15) is 0 Å². The van der Waals surface area contributed by atoms with Gasteiger partial charge in [-0.25, -0.2) is 0 Å². The number of nitrogens with zero attached hydrogens (tertiary/aromatic N) is 2. The fourth-order valence-electron chi connectivity index (χ4n) is 3.38. The Morgan fingerprint density at radius 3 is 2.10 bits per heavy atom. The molecular weight excluding hydrogens is 396 g/mol. The number of aliphatic imine (C=N–C) groups is 1. The molecule has 0 saturated heterocycles. The molecule has 0 aromatic heterocycles. The van der Waals surface area contributed by atoms with Crippen LogP contribution < -0.4 is 0 Å². The van der Waals surface area contributed by atoms with Gasteiger partial charge < -0.3 is 15.3 Å². The maximum atomic E-state index is 11.4. The third-order valence-corrected chi connectivity index (χ3v) is 5.04. The third kappa shape index (κ3) is 5.01. The summed E-state index contributed by atoms with van der Waals surface area (Å²) in [5.41, 5.74) is 1.47. The predicted octanol–water partition coefficient (Wildman–Crippen LogP) is 5.26. The van der Waals surface area contributed by atoms with E-state index in [4.69, 9.17) is 0 Å². The number of hydrogen-bond acceptors (Lipinski definition) is 6. The van der Waals surface area contributed by atoms with E-state index in [-0.39, 0.29) is 28.5 Å². The number of rotatable bonds is 8. The summed E-state index contributed by atoms with van der Waals surface area (Å²) in [6.07, 6.45) is 3.52. The number of hydrogen-bond donors (Lipinski definition) is 3. The smallest absolute Gasteiger partial charge is 0.270 e. The van der Waals surface area contributed by atoms with Crippen molar-refractivity contribution in [2.24, 2.45) is 4.99 Å². The lowest BCUT2D eigenvalue weighted by Gasteiger charge is -2.16. The van der Waals surface area contributed by atoms with Crippen molar-refractivity contribution < 1.29 is 20.2 Å². The minimum Gasteiger partial charge on any atom is -0.508 e. The van der Waals surface area contributed by atoms with Crippen LogP contribution in [-0.4, -0.2) is 26.5 Å². The van der Waals surface area contributed by atoms with Gasteiger partial charge in [0.15, 0.2) is 0 Å². The lowest BCUT2D eigenvalue weighted by atomic mass is 9.97. The van der Waals surface area contributed by atoms with Crippen molar-refractivity contribution in [2.45, 2.75) is 32.2 Å². The normalized spacial score (nSPS) is 11.3. The Balaban J connectivity index is 2.11. The first-order valence-corrected chi connectivity index (χ1v) is 10.0. The van der Waals surface area contributed by atoms with Gasteiger partial charge in [-0.05, 0) is 25.0 Å². The number of unbranched alkanes of at least 4 members (excludes halogenated alkanes) is 1. The number of phenols is 3. The van der Waals surface area contributed by atoms with Gasteiger partial charge in [0.05, 0.1) is 4.92 Å². The summed E-state index contributed by atoms with van der Waals surface area (Å²) in [7, 11) is 0. The molecule has 3 N–H and O–H groups in total. The average Bonchev–Trinajstić information content (AvgIpc) is 2.76. The molecule has 0 aliphatic carbocycles. The van der Waals surface area contributed by atoms with Crippen LogP contribution in [0.1, 0.15) is 48.1 Å². The summed E-state index contributed by atoms with van der Waals surface area (Å²) in [5.74, 6) is -0.0595. The number of aromatic hydroxyl groups is 3. The van der Waals surface area contributed by atoms with Crippen LogP contribution in [0.5, 0.6) is 17.2 Å². The zero-order chi connectivity index (χ0) is 22.4. The molecule has 0 radical (unpaired) electrons. The van der Waals surface area contributed by atoms with Gasteiger partial charge in [0, 0.05) is 40.6 Å². The van der Waals surface area contributed by atoms with Gasteiger partial charge in [0.25, 0.3) is 5.69 Å². The quantitative estimate of drug-likeness (QED) is 0.261. The number of nitro groups is 1. The fraction of sp³-hybridized carbons (Fsp3) is 0.208. The Hall–Kier alpha value is -3.87. The van der Waals surface area contributed by atoms with E-state index in [1.807, 2.05) is 6.92 Å². The monoisotopic (exact) mass is 420 g/mol.